The zero-order chi connectivity index (χ0) is 31.7. The van der Waals surface area contributed by atoms with Crippen molar-refractivity contribution in [1.82, 2.24) is 34.4 Å². The van der Waals surface area contributed by atoms with E-state index in [1.807, 2.05) is 46.9 Å². The third-order valence-electron chi connectivity index (χ3n) is 8.38. The van der Waals surface area contributed by atoms with Crippen LogP contribution in [-0.4, -0.2) is 92.4 Å². The average molecular weight is 649 g/mol. The maximum Gasteiger partial charge on any atom is 0.257 e. The Kier molecular flexibility index (Phi) is 10.6. The summed E-state index contributed by atoms with van der Waals surface area (Å²) in [6.45, 7) is 7.09. The van der Waals surface area contributed by atoms with Crippen LogP contribution in [-0.2, 0) is 11.3 Å². The van der Waals surface area contributed by atoms with Crippen LogP contribution in [0, 0.1) is 0 Å². The second-order valence-electron chi connectivity index (χ2n) is 11.6. The first-order valence-electron chi connectivity index (χ1n) is 15.8. The Morgan fingerprint density at radius 1 is 1.13 bits per heavy atom. The summed E-state index contributed by atoms with van der Waals surface area (Å²) in [5, 5.41) is 13.0. The van der Waals surface area contributed by atoms with Gasteiger partial charge in [0.1, 0.15) is 24.1 Å². The van der Waals surface area contributed by atoms with Crippen molar-refractivity contribution in [3.8, 4) is 22.8 Å². The van der Waals surface area contributed by atoms with Gasteiger partial charge in [0.15, 0.2) is 0 Å². The standard InChI is InChI=1S/C32H41ClN10O3/c1-23(18-35-22-34)46-30-17-24(3-8-28(30)33)25-19-36-32(37-20-25)39-29-21-43(40-31(29)45-16-13-42-10-2-9-38-42)27-6-4-26(5-7-27)41-11-14-44-15-12-41/h2-3,8-10,17,19-23,26-27H,4-7,11-16,18H2,1H3,(H2,34,35)(H,36,37,39)/t23-,26?,27?/m0/s1. The summed E-state index contributed by atoms with van der Waals surface area (Å²) < 4.78 is 21.6. The van der Waals surface area contributed by atoms with E-state index in [-0.39, 0.29) is 6.10 Å². The number of hydrogen-bond donors (Lipinski definition) is 2. The highest BCUT2D eigenvalue weighted by atomic mass is 35.5. The molecule has 3 aromatic heterocycles. The van der Waals surface area contributed by atoms with Crippen LogP contribution >= 0.6 is 11.6 Å². The molecule has 1 atom stereocenters. The van der Waals surface area contributed by atoms with Gasteiger partial charge in [-0.05, 0) is 56.4 Å². The van der Waals surface area contributed by atoms with E-state index < -0.39 is 0 Å². The summed E-state index contributed by atoms with van der Waals surface area (Å²) in [4.78, 5) is 15.8. The molecule has 46 heavy (non-hydrogen) atoms. The lowest BCUT2D eigenvalue weighted by Crippen LogP contribution is -2.45. The molecule has 1 saturated carbocycles. The van der Waals surface area contributed by atoms with Gasteiger partial charge in [-0.1, -0.05) is 17.7 Å². The van der Waals surface area contributed by atoms with Crippen molar-refractivity contribution in [3.05, 3.63) is 60.3 Å². The number of aromatic nitrogens is 6. The highest BCUT2D eigenvalue weighted by Crippen LogP contribution is 2.35. The smallest absolute Gasteiger partial charge is 0.257 e. The average Bonchev–Trinajstić information content (AvgIpc) is 3.76. The number of nitrogens with two attached hydrogens (primary N) is 1. The molecule has 3 N–H and O–H groups in total. The topological polar surface area (TPSA) is 143 Å². The molecule has 0 spiro atoms. The van der Waals surface area contributed by atoms with Crippen LogP contribution < -0.4 is 20.5 Å². The molecule has 6 rings (SSSR count). The number of rotatable bonds is 13. The number of nitrogens with zero attached hydrogens (tertiary/aromatic N) is 8. The number of aliphatic imine (C=N–C) groups is 1. The molecule has 1 saturated heterocycles. The highest BCUT2D eigenvalue weighted by molar-refractivity contribution is 6.32. The largest absolute Gasteiger partial charge is 0.487 e. The number of morpholine rings is 1. The zero-order valence-corrected chi connectivity index (χ0v) is 26.8. The lowest BCUT2D eigenvalue weighted by Gasteiger charge is -2.38. The van der Waals surface area contributed by atoms with Gasteiger partial charge in [0.05, 0.1) is 49.9 Å². The van der Waals surface area contributed by atoms with Gasteiger partial charge in [-0.2, -0.15) is 5.10 Å². The van der Waals surface area contributed by atoms with E-state index in [9.17, 15) is 0 Å². The number of nitrogens with one attached hydrogen (secondary N) is 1. The van der Waals surface area contributed by atoms with Gasteiger partial charge in [-0.25, -0.2) is 9.97 Å². The Balaban J connectivity index is 1.14. The molecule has 0 bridgehead atoms. The van der Waals surface area contributed by atoms with Crippen LogP contribution in [0.5, 0.6) is 11.6 Å². The van der Waals surface area contributed by atoms with Crippen LogP contribution in [0.3, 0.4) is 0 Å². The molecule has 1 aliphatic heterocycles. The van der Waals surface area contributed by atoms with Crippen molar-refractivity contribution in [2.24, 2.45) is 10.7 Å². The lowest BCUT2D eigenvalue weighted by molar-refractivity contribution is 0.00503. The van der Waals surface area contributed by atoms with Gasteiger partial charge in [0.2, 0.25) is 5.95 Å². The molecule has 244 valence electrons. The van der Waals surface area contributed by atoms with Crippen molar-refractivity contribution in [3.63, 3.8) is 0 Å². The fourth-order valence-electron chi connectivity index (χ4n) is 5.95. The Morgan fingerprint density at radius 2 is 1.91 bits per heavy atom. The van der Waals surface area contributed by atoms with E-state index in [1.165, 1.54) is 6.34 Å². The van der Waals surface area contributed by atoms with E-state index in [2.05, 4.69) is 30.3 Å². The Bertz CT molecular complexity index is 1550. The number of halogens is 1. The van der Waals surface area contributed by atoms with Gasteiger partial charge in [-0.3, -0.25) is 19.3 Å². The lowest BCUT2D eigenvalue weighted by atomic mass is 9.90. The fourth-order valence-corrected chi connectivity index (χ4v) is 6.11. The van der Waals surface area contributed by atoms with Crippen molar-refractivity contribution < 1.29 is 14.2 Å². The van der Waals surface area contributed by atoms with Crippen molar-refractivity contribution in [1.29, 1.82) is 0 Å². The summed E-state index contributed by atoms with van der Waals surface area (Å²) in [5.74, 6) is 1.52. The predicted octanol–water partition coefficient (Wildman–Crippen LogP) is 4.58. The summed E-state index contributed by atoms with van der Waals surface area (Å²) in [5.41, 5.74) is 7.78. The van der Waals surface area contributed by atoms with Crippen LogP contribution in [0.4, 0.5) is 11.6 Å². The monoisotopic (exact) mass is 648 g/mol. The first kappa shape index (κ1) is 31.8. The van der Waals surface area contributed by atoms with Crippen LogP contribution in [0.15, 0.2) is 60.2 Å². The number of hydrogen-bond acceptors (Lipinski definition) is 10. The SMILES string of the molecule is C[C@@H](CN=CN)Oc1cc(-c2cnc(Nc3cn(C4CCC(N5CCOCC5)CC4)nc3OCCn3cccn3)nc2)ccc1Cl. The van der Waals surface area contributed by atoms with Crippen molar-refractivity contribution in [2.75, 3.05) is 44.8 Å². The van der Waals surface area contributed by atoms with E-state index in [1.54, 1.807) is 24.7 Å². The van der Waals surface area contributed by atoms with Gasteiger partial charge in [0.25, 0.3) is 5.88 Å². The fraction of sp³-hybridized carbons (Fsp3) is 0.469. The Labute approximate surface area is 273 Å². The molecule has 14 heteroatoms. The summed E-state index contributed by atoms with van der Waals surface area (Å²) in [6, 6.07) is 8.39. The number of anilines is 2. The second kappa shape index (κ2) is 15.4. The van der Waals surface area contributed by atoms with Crippen LogP contribution in [0.2, 0.25) is 5.02 Å². The van der Waals surface area contributed by atoms with Gasteiger partial charge in [-0.15, -0.1) is 5.10 Å². The first-order chi connectivity index (χ1) is 22.6. The molecule has 1 aliphatic carbocycles. The quantitative estimate of drug-likeness (QED) is 0.156. The minimum Gasteiger partial charge on any atom is -0.487 e. The van der Waals surface area contributed by atoms with E-state index in [4.69, 9.17) is 36.6 Å². The summed E-state index contributed by atoms with van der Waals surface area (Å²) in [7, 11) is 0. The molecule has 13 nitrogen and oxygen atoms in total. The summed E-state index contributed by atoms with van der Waals surface area (Å²) >= 11 is 6.40. The summed E-state index contributed by atoms with van der Waals surface area (Å²) in [6.07, 6.45) is 14.7. The normalized spacial score (nSPS) is 19.7. The Morgan fingerprint density at radius 3 is 2.65 bits per heavy atom. The molecule has 0 radical (unpaired) electrons. The molecule has 2 fully saturated rings. The van der Waals surface area contributed by atoms with Crippen molar-refractivity contribution in [2.45, 2.75) is 57.3 Å². The Hall–Kier alpha value is -4.20. The van der Waals surface area contributed by atoms with Crippen LogP contribution in [0.25, 0.3) is 11.1 Å². The number of benzene rings is 1. The van der Waals surface area contributed by atoms with E-state index in [0.29, 0.717) is 54.4 Å². The maximum atomic E-state index is 6.40. The molecule has 1 aromatic carbocycles. The molecule has 2 aliphatic rings. The zero-order valence-electron chi connectivity index (χ0n) is 26.0. The third kappa shape index (κ3) is 8.14. The molecular weight excluding hydrogens is 608 g/mol. The molecule has 4 aromatic rings. The van der Waals surface area contributed by atoms with Crippen LogP contribution in [0.1, 0.15) is 38.6 Å². The van der Waals surface area contributed by atoms with E-state index in [0.717, 1.165) is 68.8 Å². The van der Waals surface area contributed by atoms with E-state index >= 15 is 0 Å². The maximum absolute atomic E-state index is 6.40. The van der Waals surface area contributed by atoms with Gasteiger partial charge < -0.3 is 25.3 Å². The minimum absolute atomic E-state index is 0.188. The molecule has 0 unspecified atom stereocenters. The predicted molar refractivity (Wildman–Crippen MR) is 177 cm³/mol. The first-order valence-corrected chi connectivity index (χ1v) is 16.2. The van der Waals surface area contributed by atoms with Crippen molar-refractivity contribution >= 4 is 29.6 Å². The van der Waals surface area contributed by atoms with Gasteiger partial charge >= 0.3 is 0 Å². The molecular formula is C32H41ClN10O3. The molecule has 0 amide bonds. The second-order valence-corrected chi connectivity index (χ2v) is 12.0. The number of ether oxygens (including phenoxy) is 3. The minimum atomic E-state index is -0.188. The molecule has 4 heterocycles. The highest BCUT2D eigenvalue weighted by Gasteiger charge is 2.29. The third-order valence-corrected chi connectivity index (χ3v) is 8.69. The van der Waals surface area contributed by atoms with Gasteiger partial charge in [0, 0.05) is 49.5 Å².